The molecule has 0 unspecified atom stereocenters. The summed E-state index contributed by atoms with van der Waals surface area (Å²) in [6.45, 7) is 2.01. The maximum Gasteiger partial charge on any atom is 0.265 e. The third-order valence-corrected chi connectivity index (χ3v) is 2.81. The number of aromatic amines is 1. The average Bonchev–Trinajstić information content (AvgIpc) is 2.35. The van der Waals surface area contributed by atoms with E-state index in [9.17, 15) is 4.79 Å². The number of hydrogen-bond donors (Lipinski definition) is 1. The Balaban J connectivity index is 3.06. The third kappa shape index (κ3) is 0.886. The molecule has 2 aromatic heterocycles. The van der Waals surface area contributed by atoms with E-state index < -0.39 is 0 Å². The number of H-pyrrole nitrogens is 1. The molecule has 0 aliphatic rings. The molecule has 56 valence electrons. The summed E-state index contributed by atoms with van der Waals surface area (Å²) in [7, 11) is 0. The smallest absolute Gasteiger partial charge is 0.265 e. The summed E-state index contributed by atoms with van der Waals surface area (Å²) in [5.74, 6) is 0. The van der Waals surface area contributed by atoms with Gasteiger partial charge in [0.1, 0.15) is 0 Å². The minimum absolute atomic E-state index is 0.0144. The van der Waals surface area contributed by atoms with Gasteiger partial charge in [-0.15, -0.1) is 11.3 Å². The van der Waals surface area contributed by atoms with Crippen LogP contribution in [0.1, 0.15) is 5.56 Å². The van der Waals surface area contributed by atoms with Crippen molar-refractivity contribution in [3.63, 3.8) is 0 Å². The fraction of sp³-hybridized carbons (Fsp3) is 0.125. The van der Waals surface area contributed by atoms with Crippen molar-refractivity contribution < 1.29 is 0 Å². The first-order chi connectivity index (χ1) is 5.29. The van der Waals surface area contributed by atoms with E-state index in [1.54, 1.807) is 6.20 Å². The Labute approximate surface area is 67.5 Å². The quantitative estimate of drug-likeness (QED) is 0.635. The van der Waals surface area contributed by atoms with Crippen molar-refractivity contribution in [3.8, 4) is 0 Å². The molecule has 0 bridgehead atoms. The zero-order valence-corrected chi connectivity index (χ0v) is 6.87. The number of thiophene rings is 1. The molecule has 1 N–H and O–H groups in total. The van der Waals surface area contributed by atoms with Gasteiger partial charge in [-0.1, -0.05) is 0 Å². The van der Waals surface area contributed by atoms with Gasteiger partial charge >= 0.3 is 0 Å². The molecule has 0 radical (unpaired) electrons. The molecule has 0 aliphatic carbocycles. The van der Waals surface area contributed by atoms with Gasteiger partial charge in [0.25, 0.3) is 5.56 Å². The third-order valence-electron chi connectivity index (χ3n) is 1.69. The minimum atomic E-state index is 0.0144. The molecular formula is C8H7NOS. The monoisotopic (exact) mass is 165 g/mol. The topological polar surface area (TPSA) is 32.9 Å². The average molecular weight is 165 g/mol. The van der Waals surface area contributed by atoms with Crippen LogP contribution >= 0.6 is 11.3 Å². The van der Waals surface area contributed by atoms with Gasteiger partial charge in [-0.2, -0.15) is 0 Å². The highest BCUT2D eigenvalue weighted by Crippen LogP contribution is 2.20. The number of aryl methyl sites for hydroxylation is 1. The molecule has 0 amide bonds. The van der Waals surface area contributed by atoms with Crippen LogP contribution in [0.4, 0.5) is 0 Å². The zero-order valence-electron chi connectivity index (χ0n) is 6.05. The lowest BCUT2D eigenvalue weighted by molar-refractivity contribution is 1.28. The number of fused-ring (bicyclic) bond motifs is 1. The first-order valence-electron chi connectivity index (χ1n) is 3.34. The van der Waals surface area contributed by atoms with E-state index in [4.69, 9.17) is 0 Å². The number of pyridine rings is 1. The van der Waals surface area contributed by atoms with Crippen molar-refractivity contribution in [2.45, 2.75) is 6.92 Å². The zero-order chi connectivity index (χ0) is 7.84. The van der Waals surface area contributed by atoms with Gasteiger partial charge in [-0.25, -0.2) is 0 Å². The molecule has 0 aliphatic heterocycles. The van der Waals surface area contributed by atoms with Crippen LogP contribution in [0, 0.1) is 6.92 Å². The number of aromatic nitrogens is 1. The molecule has 3 heteroatoms. The van der Waals surface area contributed by atoms with Crippen molar-refractivity contribution in [2.75, 3.05) is 0 Å². The van der Waals surface area contributed by atoms with Crippen LogP contribution in [0.5, 0.6) is 0 Å². The Hall–Kier alpha value is -1.09. The summed E-state index contributed by atoms with van der Waals surface area (Å²) >= 11 is 1.50. The summed E-state index contributed by atoms with van der Waals surface area (Å²) in [4.78, 5) is 13.8. The summed E-state index contributed by atoms with van der Waals surface area (Å²) < 4.78 is 0.824. The molecule has 2 aromatic rings. The highest BCUT2D eigenvalue weighted by molar-refractivity contribution is 7.17. The molecule has 0 atom stereocenters. The first-order valence-corrected chi connectivity index (χ1v) is 4.22. The van der Waals surface area contributed by atoms with E-state index >= 15 is 0 Å². The lowest BCUT2D eigenvalue weighted by atomic mass is 10.2. The lowest BCUT2D eigenvalue weighted by Crippen LogP contribution is -2.01. The normalized spacial score (nSPS) is 10.6. The van der Waals surface area contributed by atoms with E-state index in [0.717, 1.165) is 10.1 Å². The maximum absolute atomic E-state index is 11.1. The molecule has 0 aromatic carbocycles. The molecule has 2 rings (SSSR count). The summed E-state index contributed by atoms with van der Waals surface area (Å²) in [5.41, 5.74) is 1.19. The van der Waals surface area contributed by atoms with Crippen molar-refractivity contribution >= 4 is 21.4 Å². The van der Waals surface area contributed by atoms with Gasteiger partial charge in [0.2, 0.25) is 0 Å². The fourth-order valence-electron chi connectivity index (χ4n) is 1.10. The number of rotatable bonds is 0. The van der Waals surface area contributed by atoms with E-state index in [2.05, 4.69) is 4.98 Å². The largest absolute Gasteiger partial charge is 0.328 e. The minimum Gasteiger partial charge on any atom is -0.328 e. The predicted octanol–water partition coefficient (Wildman–Crippen LogP) is 1.90. The van der Waals surface area contributed by atoms with Crippen LogP contribution in [0.25, 0.3) is 10.1 Å². The Morgan fingerprint density at radius 1 is 1.55 bits per heavy atom. The van der Waals surface area contributed by atoms with Crippen molar-refractivity contribution in [1.29, 1.82) is 0 Å². The van der Waals surface area contributed by atoms with Crippen LogP contribution < -0.4 is 5.56 Å². The van der Waals surface area contributed by atoms with Gasteiger partial charge in [0.05, 0.1) is 4.70 Å². The molecule has 0 fully saturated rings. The Kier molecular flexibility index (Phi) is 1.32. The number of nitrogens with one attached hydrogen (secondary N) is 1. The van der Waals surface area contributed by atoms with E-state index in [-0.39, 0.29) is 5.56 Å². The Morgan fingerprint density at radius 2 is 2.36 bits per heavy atom. The second kappa shape index (κ2) is 2.20. The second-order valence-electron chi connectivity index (χ2n) is 2.47. The first kappa shape index (κ1) is 6.61. The van der Waals surface area contributed by atoms with Crippen molar-refractivity contribution in [2.24, 2.45) is 0 Å². The molecule has 0 spiro atoms. The second-order valence-corrected chi connectivity index (χ2v) is 3.35. The van der Waals surface area contributed by atoms with Crippen LogP contribution in [0.2, 0.25) is 0 Å². The molecule has 2 nitrogen and oxygen atoms in total. The highest BCUT2D eigenvalue weighted by atomic mass is 32.1. The highest BCUT2D eigenvalue weighted by Gasteiger charge is 2.00. The van der Waals surface area contributed by atoms with Gasteiger partial charge in [0, 0.05) is 11.6 Å². The van der Waals surface area contributed by atoms with Crippen LogP contribution in [0.3, 0.4) is 0 Å². The predicted molar refractivity (Wildman–Crippen MR) is 47.2 cm³/mol. The van der Waals surface area contributed by atoms with E-state index in [1.165, 1.54) is 16.9 Å². The van der Waals surface area contributed by atoms with Gasteiger partial charge < -0.3 is 4.98 Å². The van der Waals surface area contributed by atoms with Crippen LogP contribution in [-0.2, 0) is 0 Å². The number of hydrogen-bond acceptors (Lipinski definition) is 2. The van der Waals surface area contributed by atoms with E-state index in [0.29, 0.717) is 0 Å². The van der Waals surface area contributed by atoms with Gasteiger partial charge in [0.15, 0.2) is 0 Å². The van der Waals surface area contributed by atoms with E-state index in [1.807, 2.05) is 18.4 Å². The summed E-state index contributed by atoms with van der Waals surface area (Å²) in [6.07, 6.45) is 1.68. The Bertz CT molecular complexity index is 441. The van der Waals surface area contributed by atoms with Gasteiger partial charge in [-0.3, -0.25) is 4.79 Å². The summed E-state index contributed by atoms with van der Waals surface area (Å²) in [6, 6.07) is 1.93. The van der Waals surface area contributed by atoms with Crippen molar-refractivity contribution in [1.82, 2.24) is 4.98 Å². The standard InChI is InChI=1S/C8H7NOS/c1-5-4-11-7-6(5)2-3-9-8(7)10/h2-4H,1H3,(H,9,10). The summed E-state index contributed by atoms with van der Waals surface area (Å²) in [5, 5.41) is 3.07. The van der Waals surface area contributed by atoms with Gasteiger partial charge in [-0.05, 0) is 23.9 Å². The van der Waals surface area contributed by atoms with Crippen molar-refractivity contribution in [3.05, 3.63) is 33.6 Å². The lowest BCUT2D eigenvalue weighted by Gasteiger charge is -1.87. The van der Waals surface area contributed by atoms with Crippen LogP contribution in [0.15, 0.2) is 22.4 Å². The molecule has 2 heterocycles. The molecule has 0 saturated carbocycles. The van der Waals surface area contributed by atoms with Crippen LogP contribution in [-0.4, -0.2) is 4.98 Å². The molecular weight excluding hydrogens is 158 g/mol. The maximum atomic E-state index is 11.1. The fourth-order valence-corrected chi connectivity index (χ4v) is 2.05. The molecule has 0 saturated heterocycles. The SMILES string of the molecule is Cc1csc2c(=O)[nH]ccc12. The Morgan fingerprint density at radius 3 is 3.09 bits per heavy atom. The molecule has 11 heavy (non-hydrogen) atoms.